The van der Waals surface area contributed by atoms with E-state index in [0.29, 0.717) is 18.0 Å². The van der Waals surface area contributed by atoms with Crippen LogP contribution in [0.2, 0.25) is 5.02 Å². The molecule has 2 atom stereocenters. The minimum Gasteiger partial charge on any atom is -0.461 e. The summed E-state index contributed by atoms with van der Waals surface area (Å²) in [5.41, 5.74) is -5.00. The summed E-state index contributed by atoms with van der Waals surface area (Å²) < 4.78 is 88.0. The van der Waals surface area contributed by atoms with Gasteiger partial charge in [0.15, 0.2) is 0 Å². The highest BCUT2D eigenvalue weighted by atomic mass is 35.5. The fraction of sp³-hybridized carbons (Fsp3) is 0.462. The Morgan fingerprint density at radius 1 is 1.12 bits per heavy atom. The molecule has 0 aliphatic carbocycles. The molecule has 4 heterocycles. The molecule has 3 aromatic rings. The van der Waals surface area contributed by atoms with Gasteiger partial charge in [0.25, 0.3) is 0 Å². The lowest BCUT2D eigenvalue weighted by Crippen LogP contribution is -2.43. The Balaban J connectivity index is 1.36. The van der Waals surface area contributed by atoms with Gasteiger partial charge in [0, 0.05) is 36.1 Å². The summed E-state index contributed by atoms with van der Waals surface area (Å²) in [4.78, 5) is 12.4. The topological polar surface area (TPSA) is 84.9 Å². The second-order valence-corrected chi connectivity index (χ2v) is 12.3. The van der Waals surface area contributed by atoms with Crippen molar-refractivity contribution in [2.24, 2.45) is 0 Å². The van der Waals surface area contributed by atoms with Gasteiger partial charge in [-0.1, -0.05) is 35.9 Å². The number of aromatic nitrogens is 2. The molecule has 2 fully saturated rings. The number of rotatable bonds is 6. The van der Waals surface area contributed by atoms with Crippen LogP contribution >= 0.6 is 11.6 Å². The Morgan fingerprint density at radius 2 is 1.90 bits per heavy atom. The third kappa shape index (κ3) is 4.81. The van der Waals surface area contributed by atoms with Crippen molar-refractivity contribution < 1.29 is 34.9 Å². The number of hydrogen-bond donors (Lipinski definition) is 0. The van der Waals surface area contributed by atoms with Crippen LogP contribution < -0.4 is 13.8 Å². The number of halogens is 5. The van der Waals surface area contributed by atoms with Crippen LogP contribution in [0.15, 0.2) is 36.4 Å². The molecule has 2 saturated heterocycles. The summed E-state index contributed by atoms with van der Waals surface area (Å²) in [6.45, 7) is 1.45. The predicted molar refractivity (Wildman–Crippen MR) is 140 cm³/mol. The lowest BCUT2D eigenvalue weighted by Gasteiger charge is -2.32. The van der Waals surface area contributed by atoms with Crippen LogP contribution in [0.4, 0.5) is 23.2 Å². The first-order valence-electron chi connectivity index (χ1n) is 12.8. The van der Waals surface area contributed by atoms with Crippen molar-refractivity contribution in [3.63, 3.8) is 0 Å². The highest BCUT2D eigenvalue weighted by Crippen LogP contribution is 2.41. The lowest BCUT2D eigenvalue weighted by atomic mass is 9.95. The number of benzene rings is 2. The summed E-state index contributed by atoms with van der Waals surface area (Å²) in [6.07, 6.45) is 0.923. The monoisotopic (exact) mass is 600 g/mol. The van der Waals surface area contributed by atoms with Gasteiger partial charge in [0.2, 0.25) is 5.88 Å². The molecule has 0 bridgehead atoms. The van der Waals surface area contributed by atoms with Crippen LogP contribution in [-0.2, 0) is 23.1 Å². The van der Waals surface area contributed by atoms with Crippen molar-refractivity contribution in [2.45, 2.75) is 49.4 Å². The zero-order valence-corrected chi connectivity index (χ0v) is 22.7. The zero-order valence-electron chi connectivity index (χ0n) is 21.1. The lowest BCUT2D eigenvalue weighted by molar-refractivity contribution is -0.0502. The van der Waals surface area contributed by atoms with E-state index in [1.54, 1.807) is 6.07 Å². The van der Waals surface area contributed by atoms with Gasteiger partial charge in [-0.25, -0.2) is 4.39 Å². The molecular weight excluding hydrogens is 576 g/mol. The molecule has 40 heavy (non-hydrogen) atoms. The molecule has 0 saturated carbocycles. The molecule has 3 aliphatic heterocycles. The second kappa shape index (κ2) is 9.88. The SMILES string of the molecule is O=S(=O)(Oc1nc(OCC23CCCN2CC(F)C3)nc2c1CCN(c1cccc3cccc(Cl)c13)C2)C(F)(F)F. The normalized spacial score (nSPS) is 23.3. The first-order chi connectivity index (χ1) is 19.0. The smallest absolute Gasteiger partial charge is 0.461 e. The van der Waals surface area contributed by atoms with Crippen LogP contribution in [0.3, 0.4) is 0 Å². The molecule has 214 valence electrons. The fourth-order valence-electron chi connectivity index (χ4n) is 6.05. The van der Waals surface area contributed by atoms with E-state index >= 15 is 0 Å². The second-order valence-electron chi connectivity index (χ2n) is 10.4. The third-order valence-corrected chi connectivity index (χ3v) is 9.14. The van der Waals surface area contributed by atoms with Crippen LogP contribution in [-0.4, -0.2) is 66.7 Å². The Labute approximate surface area is 233 Å². The Bertz CT molecular complexity index is 1570. The maximum atomic E-state index is 14.2. The van der Waals surface area contributed by atoms with Crippen LogP contribution in [0.25, 0.3) is 10.8 Å². The fourth-order valence-corrected chi connectivity index (χ4v) is 6.77. The first-order valence-corrected chi connectivity index (χ1v) is 14.6. The van der Waals surface area contributed by atoms with Crippen LogP contribution in [0, 0.1) is 0 Å². The largest absolute Gasteiger partial charge is 0.534 e. The van der Waals surface area contributed by atoms with E-state index in [1.165, 1.54) is 0 Å². The highest BCUT2D eigenvalue weighted by molar-refractivity contribution is 7.87. The molecule has 0 N–H and O–H groups in total. The van der Waals surface area contributed by atoms with Gasteiger partial charge < -0.3 is 13.8 Å². The standard InChI is InChI=1S/C26H25ClF4N4O4S/c27-19-6-1-4-16-5-2-7-21(22(16)19)34-11-8-18-20(14-34)32-24(33-23(18)39-40(36,37)26(29,30)31)38-15-25-9-3-10-35(25)13-17(28)12-25/h1-2,4-7,17H,3,8-15H2. The Morgan fingerprint density at radius 3 is 2.67 bits per heavy atom. The summed E-state index contributed by atoms with van der Waals surface area (Å²) in [6, 6.07) is 10.9. The van der Waals surface area contributed by atoms with Crippen molar-refractivity contribution >= 4 is 38.2 Å². The Hall–Kier alpha value is -2.90. The molecule has 2 aromatic carbocycles. The minimum absolute atomic E-state index is 0.0142. The van der Waals surface area contributed by atoms with E-state index in [9.17, 15) is 26.0 Å². The molecule has 6 rings (SSSR count). The molecule has 1 aromatic heterocycles. The van der Waals surface area contributed by atoms with E-state index in [2.05, 4.69) is 14.2 Å². The van der Waals surface area contributed by atoms with Crippen LogP contribution in [0.5, 0.6) is 11.9 Å². The van der Waals surface area contributed by atoms with Gasteiger partial charge in [-0.3, -0.25) is 4.90 Å². The minimum atomic E-state index is -5.99. The van der Waals surface area contributed by atoms with E-state index in [-0.39, 0.29) is 49.8 Å². The Kier molecular flexibility index (Phi) is 6.74. The molecule has 8 nitrogen and oxygen atoms in total. The van der Waals surface area contributed by atoms with Crippen molar-refractivity contribution in [1.29, 1.82) is 0 Å². The summed E-state index contributed by atoms with van der Waals surface area (Å²) in [5, 5.41) is 2.25. The van der Waals surface area contributed by atoms with Gasteiger partial charge in [-0.15, -0.1) is 0 Å². The van der Waals surface area contributed by atoms with Gasteiger partial charge in [-0.05, 0) is 43.3 Å². The van der Waals surface area contributed by atoms with Gasteiger partial charge in [-0.2, -0.15) is 31.6 Å². The number of fused-ring (bicyclic) bond motifs is 3. The quantitative estimate of drug-likeness (QED) is 0.221. The molecule has 2 unspecified atom stereocenters. The average Bonchev–Trinajstić information content (AvgIpc) is 3.42. The van der Waals surface area contributed by atoms with Gasteiger partial charge >= 0.3 is 21.6 Å². The summed E-state index contributed by atoms with van der Waals surface area (Å²) in [5.74, 6) is -0.719. The van der Waals surface area contributed by atoms with Crippen molar-refractivity contribution in [3.8, 4) is 11.9 Å². The van der Waals surface area contributed by atoms with E-state index in [0.717, 1.165) is 29.4 Å². The average molecular weight is 601 g/mol. The number of nitrogens with zero attached hydrogens (tertiary/aromatic N) is 4. The molecule has 0 amide bonds. The highest BCUT2D eigenvalue weighted by Gasteiger charge is 2.50. The summed E-state index contributed by atoms with van der Waals surface area (Å²) >= 11 is 6.51. The van der Waals surface area contributed by atoms with Crippen molar-refractivity contribution in [1.82, 2.24) is 14.9 Å². The predicted octanol–water partition coefficient (Wildman–Crippen LogP) is 5.03. The maximum Gasteiger partial charge on any atom is 0.534 e. The van der Waals surface area contributed by atoms with Gasteiger partial charge in [0.1, 0.15) is 12.8 Å². The van der Waals surface area contributed by atoms with Crippen molar-refractivity contribution in [2.75, 3.05) is 31.1 Å². The maximum absolute atomic E-state index is 14.2. The number of alkyl halides is 4. The van der Waals surface area contributed by atoms with E-state index in [1.807, 2.05) is 40.1 Å². The van der Waals surface area contributed by atoms with E-state index < -0.39 is 33.2 Å². The number of anilines is 1. The molecule has 14 heteroatoms. The van der Waals surface area contributed by atoms with Crippen LogP contribution in [0.1, 0.15) is 30.5 Å². The molecular formula is C26H25ClF4N4O4S. The third-order valence-electron chi connectivity index (χ3n) is 7.88. The number of hydrogen-bond acceptors (Lipinski definition) is 8. The molecule has 0 spiro atoms. The van der Waals surface area contributed by atoms with E-state index in [4.69, 9.17) is 16.3 Å². The summed E-state index contributed by atoms with van der Waals surface area (Å²) in [7, 11) is -5.99. The van der Waals surface area contributed by atoms with Crippen molar-refractivity contribution in [3.05, 3.63) is 52.7 Å². The first kappa shape index (κ1) is 27.3. The number of ether oxygens (including phenoxy) is 1. The molecule has 0 radical (unpaired) electrons. The zero-order chi connectivity index (χ0) is 28.3. The molecule has 3 aliphatic rings. The van der Waals surface area contributed by atoms with Gasteiger partial charge in [0.05, 0.1) is 22.8 Å².